The van der Waals surface area contributed by atoms with Crippen LogP contribution >= 0.6 is 12.2 Å². The van der Waals surface area contributed by atoms with E-state index in [1.807, 2.05) is 32.4 Å². The minimum Gasteiger partial charge on any atom is -0.361 e. The molecule has 7 nitrogen and oxygen atoms in total. The average molecular weight is 345 g/mol. The second-order valence-electron chi connectivity index (χ2n) is 5.40. The van der Waals surface area contributed by atoms with Gasteiger partial charge in [-0.1, -0.05) is 6.07 Å². The molecule has 1 aromatic heterocycles. The van der Waals surface area contributed by atoms with Gasteiger partial charge >= 0.3 is 0 Å². The first kappa shape index (κ1) is 17.8. The molecule has 0 radical (unpaired) electrons. The Balaban J connectivity index is 1.92. The number of nitrogens with zero attached hydrogens (tertiary/aromatic N) is 3. The van der Waals surface area contributed by atoms with E-state index in [0.29, 0.717) is 17.3 Å². The molecule has 0 saturated heterocycles. The van der Waals surface area contributed by atoms with E-state index in [2.05, 4.69) is 20.5 Å². The first-order chi connectivity index (χ1) is 11.5. The van der Waals surface area contributed by atoms with Crippen LogP contribution in [0.25, 0.3) is 0 Å². The number of likely N-dealkylation sites (N-methyl/N-ethyl adjacent to an activating group) is 1. The number of thiocarbonyl (C=S) groups is 1. The molecule has 0 aliphatic rings. The van der Waals surface area contributed by atoms with Crippen molar-refractivity contribution < 1.29 is 4.92 Å². The van der Waals surface area contributed by atoms with Crippen molar-refractivity contribution in [2.45, 2.75) is 6.04 Å². The van der Waals surface area contributed by atoms with Crippen LogP contribution in [0.1, 0.15) is 11.6 Å². The summed E-state index contributed by atoms with van der Waals surface area (Å²) in [6, 6.07) is 10.2. The number of hydrogen-bond donors (Lipinski definition) is 2. The molecular weight excluding hydrogens is 326 g/mol. The second-order valence-corrected chi connectivity index (χ2v) is 5.81. The predicted octanol–water partition coefficient (Wildman–Crippen LogP) is 2.58. The van der Waals surface area contributed by atoms with E-state index in [0.717, 1.165) is 5.56 Å². The first-order valence-corrected chi connectivity index (χ1v) is 7.74. The molecule has 126 valence electrons. The predicted molar refractivity (Wildman–Crippen MR) is 98.0 cm³/mol. The van der Waals surface area contributed by atoms with Crippen LogP contribution in [0.2, 0.25) is 0 Å². The number of aromatic nitrogens is 1. The number of rotatable bonds is 6. The Morgan fingerprint density at radius 2 is 2.04 bits per heavy atom. The molecule has 0 fully saturated rings. The van der Waals surface area contributed by atoms with E-state index >= 15 is 0 Å². The summed E-state index contributed by atoms with van der Waals surface area (Å²) < 4.78 is 0. The van der Waals surface area contributed by atoms with Gasteiger partial charge in [0.1, 0.15) is 0 Å². The lowest BCUT2D eigenvalue weighted by molar-refractivity contribution is -0.384. The van der Waals surface area contributed by atoms with Crippen molar-refractivity contribution in [1.29, 1.82) is 0 Å². The third-order valence-corrected chi connectivity index (χ3v) is 3.73. The van der Waals surface area contributed by atoms with Crippen LogP contribution in [0, 0.1) is 10.1 Å². The van der Waals surface area contributed by atoms with Crippen molar-refractivity contribution in [3.8, 4) is 0 Å². The zero-order chi connectivity index (χ0) is 17.5. The van der Waals surface area contributed by atoms with E-state index in [1.54, 1.807) is 18.3 Å². The minimum absolute atomic E-state index is 0.0451. The summed E-state index contributed by atoms with van der Waals surface area (Å²) in [4.78, 5) is 16.4. The van der Waals surface area contributed by atoms with E-state index in [9.17, 15) is 10.1 Å². The summed E-state index contributed by atoms with van der Waals surface area (Å²) in [5.41, 5.74) is 1.83. The van der Waals surface area contributed by atoms with E-state index in [-0.39, 0.29) is 11.7 Å². The number of anilines is 1. The van der Waals surface area contributed by atoms with Gasteiger partial charge in [-0.05, 0) is 50.1 Å². The molecular formula is C16H19N5O2S. The van der Waals surface area contributed by atoms with Crippen molar-refractivity contribution in [2.75, 3.05) is 26.0 Å². The van der Waals surface area contributed by atoms with Gasteiger partial charge < -0.3 is 15.5 Å². The Labute approximate surface area is 145 Å². The summed E-state index contributed by atoms with van der Waals surface area (Å²) in [7, 11) is 3.98. The summed E-state index contributed by atoms with van der Waals surface area (Å²) in [6.07, 6.45) is 3.57. The van der Waals surface area contributed by atoms with E-state index in [1.165, 1.54) is 12.1 Å². The Kier molecular flexibility index (Phi) is 6.16. The van der Waals surface area contributed by atoms with Crippen molar-refractivity contribution in [2.24, 2.45) is 0 Å². The Morgan fingerprint density at radius 3 is 2.58 bits per heavy atom. The fraction of sp³-hybridized carbons (Fsp3) is 0.250. The highest BCUT2D eigenvalue weighted by molar-refractivity contribution is 7.80. The number of benzene rings is 1. The number of nitro benzene ring substituents is 1. The molecule has 1 aromatic carbocycles. The van der Waals surface area contributed by atoms with Crippen molar-refractivity contribution >= 4 is 28.7 Å². The van der Waals surface area contributed by atoms with Gasteiger partial charge in [0, 0.05) is 36.8 Å². The van der Waals surface area contributed by atoms with Crippen LogP contribution in [0.15, 0.2) is 48.8 Å². The molecule has 1 heterocycles. The lowest BCUT2D eigenvalue weighted by atomic mass is 10.1. The van der Waals surface area contributed by atoms with Crippen LogP contribution < -0.4 is 10.6 Å². The molecule has 24 heavy (non-hydrogen) atoms. The average Bonchev–Trinajstić information content (AvgIpc) is 2.56. The Morgan fingerprint density at radius 1 is 1.33 bits per heavy atom. The van der Waals surface area contributed by atoms with E-state index in [4.69, 9.17) is 12.2 Å². The SMILES string of the molecule is CN(C)[C@H](CNC(=S)Nc1ccc([N+](=O)[O-])cc1)c1cccnc1. The first-order valence-electron chi connectivity index (χ1n) is 7.33. The van der Waals surface area contributed by atoms with Crippen LogP contribution in [-0.4, -0.2) is 40.6 Å². The smallest absolute Gasteiger partial charge is 0.269 e. The van der Waals surface area contributed by atoms with Crippen molar-refractivity contribution in [1.82, 2.24) is 15.2 Å². The maximum atomic E-state index is 10.6. The zero-order valence-electron chi connectivity index (χ0n) is 13.5. The molecule has 0 unspecified atom stereocenters. The summed E-state index contributed by atoms with van der Waals surface area (Å²) in [6.45, 7) is 0.609. The molecule has 2 rings (SSSR count). The molecule has 0 spiro atoms. The fourth-order valence-electron chi connectivity index (χ4n) is 2.20. The van der Waals surface area contributed by atoms with Crippen LogP contribution in [-0.2, 0) is 0 Å². The quantitative estimate of drug-likeness (QED) is 0.473. The van der Waals surface area contributed by atoms with Crippen LogP contribution in [0.3, 0.4) is 0 Å². The van der Waals surface area contributed by atoms with Gasteiger partial charge in [0.2, 0.25) is 0 Å². The zero-order valence-corrected chi connectivity index (χ0v) is 14.3. The van der Waals surface area contributed by atoms with Gasteiger partial charge in [0.25, 0.3) is 5.69 Å². The number of nitrogens with one attached hydrogen (secondary N) is 2. The number of hydrogen-bond acceptors (Lipinski definition) is 5. The van der Waals surface area contributed by atoms with Crippen LogP contribution in [0.5, 0.6) is 0 Å². The summed E-state index contributed by atoms with van der Waals surface area (Å²) >= 11 is 5.29. The maximum Gasteiger partial charge on any atom is 0.269 e. The maximum absolute atomic E-state index is 10.6. The molecule has 8 heteroatoms. The topological polar surface area (TPSA) is 83.3 Å². The fourth-order valence-corrected chi connectivity index (χ4v) is 2.40. The highest BCUT2D eigenvalue weighted by Crippen LogP contribution is 2.17. The molecule has 2 aromatic rings. The van der Waals surface area contributed by atoms with Gasteiger partial charge in [-0.25, -0.2) is 0 Å². The van der Waals surface area contributed by atoms with Gasteiger partial charge in [-0.15, -0.1) is 0 Å². The van der Waals surface area contributed by atoms with Gasteiger partial charge in [0.15, 0.2) is 5.11 Å². The lowest BCUT2D eigenvalue weighted by Crippen LogP contribution is -2.36. The third-order valence-electron chi connectivity index (χ3n) is 3.48. The Hall–Kier alpha value is -2.58. The van der Waals surface area contributed by atoms with Gasteiger partial charge in [-0.2, -0.15) is 0 Å². The third kappa shape index (κ3) is 4.97. The summed E-state index contributed by atoms with van der Waals surface area (Å²) in [5.74, 6) is 0. The highest BCUT2D eigenvalue weighted by atomic mass is 32.1. The Bertz CT molecular complexity index is 691. The lowest BCUT2D eigenvalue weighted by Gasteiger charge is -2.25. The number of nitro groups is 1. The number of non-ortho nitro benzene ring substituents is 1. The second kappa shape index (κ2) is 8.32. The van der Waals surface area contributed by atoms with Crippen molar-refractivity contribution in [3.05, 3.63) is 64.5 Å². The number of pyridine rings is 1. The largest absolute Gasteiger partial charge is 0.361 e. The standard InChI is InChI=1S/C16H19N5O2S/c1-20(2)15(12-4-3-9-17-10-12)11-18-16(24)19-13-5-7-14(8-6-13)21(22)23/h3-10,15H,11H2,1-2H3,(H2,18,19,24)/t15-/m1/s1. The molecule has 0 saturated carbocycles. The molecule has 0 amide bonds. The molecule has 0 aliphatic heterocycles. The molecule has 0 aliphatic carbocycles. The van der Waals surface area contributed by atoms with Crippen molar-refractivity contribution in [3.63, 3.8) is 0 Å². The van der Waals surface area contributed by atoms with E-state index < -0.39 is 4.92 Å². The molecule has 2 N–H and O–H groups in total. The minimum atomic E-state index is -0.435. The van der Waals surface area contributed by atoms with Gasteiger partial charge in [-0.3, -0.25) is 15.1 Å². The normalized spacial score (nSPS) is 11.8. The van der Waals surface area contributed by atoms with Crippen LogP contribution in [0.4, 0.5) is 11.4 Å². The van der Waals surface area contributed by atoms with Gasteiger partial charge in [0.05, 0.1) is 11.0 Å². The summed E-state index contributed by atoms with van der Waals surface area (Å²) in [5, 5.41) is 17.3. The molecule has 1 atom stereocenters. The monoisotopic (exact) mass is 345 g/mol. The highest BCUT2D eigenvalue weighted by Gasteiger charge is 2.14. The molecule has 0 bridgehead atoms.